The zero-order chi connectivity index (χ0) is 17.0. The van der Waals surface area contributed by atoms with Crippen LogP contribution in [0.15, 0.2) is 34.7 Å². The van der Waals surface area contributed by atoms with Crippen LogP contribution in [0.5, 0.6) is 5.75 Å². The molecular weight excluding hydrogens is 304 g/mol. The Morgan fingerprint density at radius 2 is 1.78 bits per heavy atom. The summed E-state index contributed by atoms with van der Waals surface area (Å²) in [4.78, 5) is 35.5. The third-order valence-corrected chi connectivity index (χ3v) is 3.12. The number of aromatic hydroxyl groups is 1. The van der Waals surface area contributed by atoms with Gasteiger partial charge in [0.15, 0.2) is 5.76 Å². The predicted molar refractivity (Wildman–Crippen MR) is 77.3 cm³/mol. The van der Waals surface area contributed by atoms with Gasteiger partial charge >= 0.3 is 11.9 Å². The second-order valence-corrected chi connectivity index (χ2v) is 4.54. The topological polar surface area (TPSA) is 103 Å². The van der Waals surface area contributed by atoms with Crippen LogP contribution in [0.25, 0.3) is 0 Å². The Kier molecular flexibility index (Phi) is 4.80. The van der Waals surface area contributed by atoms with E-state index in [0.717, 1.165) is 0 Å². The van der Waals surface area contributed by atoms with Crippen molar-refractivity contribution in [3.8, 4) is 5.75 Å². The zero-order valence-corrected chi connectivity index (χ0v) is 12.5. The van der Waals surface area contributed by atoms with Crippen molar-refractivity contribution >= 4 is 17.7 Å². The van der Waals surface area contributed by atoms with Gasteiger partial charge in [0.25, 0.3) is 0 Å². The number of para-hydroxylation sites is 1. The molecule has 1 aromatic heterocycles. The van der Waals surface area contributed by atoms with Crippen LogP contribution in [-0.2, 0) is 20.7 Å². The highest BCUT2D eigenvalue weighted by atomic mass is 16.5. The van der Waals surface area contributed by atoms with Crippen LogP contribution >= 0.6 is 0 Å². The Morgan fingerprint density at radius 3 is 2.39 bits per heavy atom. The van der Waals surface area contributed by atoms with Gasteiger partial charge in [-0.1, -0.05) is 12.1 Å². The predicted octanol–water partition coefficient (Wildman–Crippen LogP) is 1.72. The lowest BCUT2D eigenvalue weighted by Crippen LogP contribution is -2.09. The first-order chi connectivity index (χ1) is 11.0. The van der Waals surface area contributed by atoms with E-state index in [1.165, 1.54) is 32.4 Å². The average molecular weight is 318 g/mol. The maximum absolute atomic E-state index is 12.4. The van der Waals surface area contributed by atoms with Gasteiger partial charge in [0.1, 0.15) is 23.5 Å². The number of carbonyl (C=O) groups excluding carboxylic acids is 3. The summed E-state index contributed by atoms with van der Waals surface area (Å²) in [5.41, 5.74) is -0.0287. The third kappa shape index (κ3) is 3.39. The summed E-state index contributed by atoms with van der Waals surface area (Å²) in [6.45, 7) is 0. The van der Waals surface area contributed by atoms with Crippen molar-refractivity contribution in [2.45, 2.75) is 6.42 Å². The molecule has 0 aliphatic heterocycles. The molecule has 0 saturated heterocycles. The number of phenolic OH excluding ortho intramolecular Hbond substituents is 1. The zero-order valence-electron chi connectivity index (χ0n) is 12.5. The van der Waals surface area contributed by atoms with Gasteiger partial charge in [-0.05, 0) is 12.1 Å². The van der Waals surface area contributed by atoms with E-state index in [2.05, 4.69) is 9.47 Å². The molecule has 2 rings (SSSR count). The molecule has 0 amide bonds. The van der Waals surface area contributed by atoms with Gasteiger partial charge in [-0.2, -0.15) is 0 Å². The minimum atomic E-state index is -0.746. The van der Waals surface area contributed by atoms with E-state index in [1.807, 2.05) is 0 Å². The molecule has 7 nitrogen and oxygen atoms in total. The van der Waals surface area contributed by atoms with Gasteiger partial charge in [0.05, 0.1) is 19.8 Å². The molecule has 2 aromatic rings. The SMILES string of the molecule is COC(=O)Cc1oc(C(=O)c2ccccc2O)cc1C(=O)OC. The Bertz CT molecular complexity index is 758. The molecule has 0 aliphatic carbocycles. The highest BCUT2D eigenvalue weighted by molar-refractivity contribution is 6.10. The van der Waals surface area contributed by atoms with E-state index >= 15 is 0 Å². The van der Waals surface area contributed by atoms with Gasteiger partial charge in [-0.3, -0.25) is 9.59 Å². The van der Waals surface area contributed by atoms with Crippen molar-refractivity contribution in [1.82, 2.24) is 0 Å². The molecular formula is C16H14O7. The van der Waals surface area contributed by atoms with Crippen molar-refractivity contribution in [2.24, 2.45) is 0 Å². The smallest absolute Gasteiger partial charge is 0.341 e. The average Bonchev–Trinajstić information content (AvgIpc) is 2.97. The number of ketones is 1. The first-order valence-electron chi connectivity index (χ1n) is 6.58. The number of ether oxygens (including phenoxy) is 2. The van der Waals surface area contributed by atoms with Crippen LogP contribution in [0, 0.1) is 0 Å². The van der Waals surface area contributed by atoms with E-state index in [0.29, 0.717) is 0 Å². The fraction of sp³-hybridized carbons (Fsp3) is 0.188. The number of rotatable bonds is 5. The summed E-state index contributed by atoms with van der Waals surface area (Å²) in [5, 5.41) is 9.73. The summed E-state index contributed by atoms with van der Waals surface area (Å²) in [6, 6.07) is 7.09. The maximum atomic E-state index is 12.4. The molecule has 1 heterocycles. The van der Waals surface area contributed by atoms with Crippen molar-refractivity contribution in [1.29, 1.82) is 0 Å². The number of carbonyl (C=O) groups is 3. The Hall–Kier alpha value is -3.09. The molecule has 0 spiro atoms. The number of hydrogen-bond donors (Lipinski definition) is 1. The third-order valence-electron chi connectivity index (χ3n) is 3.12. The first kappa shape index (κ1) is 16.3. The van der Waals surface area contributed by atoms with Crippen LogP contribution in [0.2, 0.25) is 0 Å². The summed E-state index contributed by atoms with van der Waals surface area (Å²) in [5.74, 6) is -2.45. The number of phenols is 1. The molecule has 7 heteroatoms. The molecule has 0 aliphatic rings. The number of hydrogen-bond acceptors (Lipinski definition) is 7. The molecule has 0 radical (unpaired) electrons. The summed E-state index contributed by atoms with van der Waals surface area (Å²) >= 11 is 0. The molecule has 1 aromatic carbocycles. The molecule has 120 valence electrons. The van der Waals surface area contributed by atoms with E-state index in [1.54, 1.807) is 12.1 Å². The standard InChI is InChI=1S/C16H14O7/c1-21-14(18)8-12-10(16(20)22-2)7-13(23-12)15(19)9-5-3-4-6-11(9)17/h3-7,17H,8H2,1-2H3. The minimum absolute atomic E-state index is 0.0160. The van der Waals surface area contributed by atoms with E-state index in [9.17, 15) is 19.5 Å². The quantitative estimate of drug-likeness (QED) is 0.661. The van der Waals surface area contributed by atoms with Crippen molar-refractivity contribution in [3.63, 3.8) is 0 Å². The number of benzene rings is 1. The lowest BCUT2D eigenvalue weighted by atomic mass is 10.1. The molecule has 0 bridgehead atoms. The molecule has 0 fully saturated rings. The van der Waals surface area contributed by atoms with Gasteiger partial charge in [-0.15, -0.1) is 0 Å². The van der Waals surface area contributed by atoms with E-state index < -0.39 is 17.7 Å². The fourth-order valence-corrected chi connectivity index (χ4v) is 1.96. The normalized spacial score (nSPS) is 10.2. The summed E-state index contributed by atoms with van der Waals surface area (Å²) in [6.07, 6.45) is -0.324. The lowest BCUT2D eigenvalue weighted by Gasteiger charge is -2.01. The van der Waals surface area contributed by atoms with Gasteiger partial charge in [0.2, 0.25) is 5.78 Å². The van der Waals surface area contributed by atoms with E-state index in [4.69, 9.17) is 4.42 Å². The van der Waals surface area contributed by atoms with Crippen LogP contribution in [0.3, 0.4) is 0 Å². The maximum Gasteiger partial charge on any atom is 0.341 e. The first-order valence-corrected chi connectivity index (χ1v) is 6.58. The van der Waals surface area contributed by atoms with E-state index in [-0.39, 0.29) is 34.8 Å². The lowest BCUT2D eigenvalue weighted by molar-refractivity contribution is -0.140. The van der Waals surface area contributed by atoms with Crippen LogP contribution in [0.4, 0.5) is 0 Å². The number of furan rings is 1. The molecule has 23 heavy (non-hydrogen) atoms. The van der Waals surface area contributed by atoms with Crippen molar-refractivity contribution in [2.75, 3.05) is 14.2 Å². The van der Waals surface area contributed by atoms with Crippen molar-refractivity contribution < 1.29 is 33.4 Å². The van der Waals surface area contributed by atoms with Gasteiger partial charge < -0.3 is 19.0 Å². The molecule has 0 unspecified atom stereocenters. The number of methoxy groups -OCH3 is 2. The second kappa shape index (κ2) is 6.78. The highest BCUT2D eigenvalue weighted by Crippen LogP contribution is 2.24. The monoisotopic (exact) mass is 318 g/mol. The van der Waals surface area contributed by atoms with Crippen molar-refractivity contribution in [3.05, 3.63) is 53.0 Å². The van der Waals surface area contributed by atoms with Crippen LogP contribution < -0.4 is 0 Å². The summed E-state index contributed by atoms with van der Waals surface area (Å²) in [7, 11) is 2.36. The Labute approximate surface area is 131 Å². The Morgan fingerprint density at radius 1 is 1.09 bits per heavy atom. The number of esters is 2. The van der Waals surface area contributed by atoms with Gasteiger partial charge in [0, 0.05) is 6.07 Å². The largest absolute Gasteiger partial charge is 0.507 e. The summed E-state index contributed by atoms with van der Waals surface area (Å²) < 4.78 is 14.4. The van der Waals surface area contributed by atoms with Crippen LogP contribution in [0.1, 0.15) is 32.2 Å². The Balaban J connectivity index is 2.44. The minimum Gasteiger partial charge on any atom is -0.507 e. The van der Waals surface area contributed by atoms with Gasteiger partial charge in [-0.25, -0.2) is 4.79 Å². The fourth-order valence-electron chi connectivity index (χ4n) is 1.96. The second-order valence-electron chi connectivity index (χ2n) is 4.54. The van der Waals surface area contributed by atoms with Crippen LogP contribution in [-0.4, -0.2) is 37.0 Å². The molecule has 1 N–H and O–H groups in total. The highest BCUT2D eigenvalue weighted by Gasteiger charge is 2.25. The molecule has 0 saturated carbocycles. The molecule has 0 atom stereocenters.